The minimum Gasteiger partial charge on any atom is -0.480 e. The summed E-state index contributed by atoms with van der Waals surface area (Å²) in [7, 11) is 1.55. The van der Waals surface area contributed by atoms with Crippen molar-refractivity contribution in [2.75, 3.05) is 20.1 Å². The summed E-state index contributed by atoms with van der Waals surface area (Å²) in [6.07, 6.45) is 0.775. The first-order valence-electron chi connectivity index (χ1n) is 5.88. The first-order valence-corrected chi connectivity index (χ1v) is 5.88. The first kappa shape index (κ1) is 12.6. The number of amides is 1. The van der Waals surface area contributed by atoms with Gasteiger partial charge in [0.15, 0.2) is 0 Å². The molecule has 5 nitrogen and oxygen atoms in total. The van der Waals surface area contributed by atoms with E-state index in [1.165, 1.54) is 0 Å². The van der Waals surface area contributed by atoms with E-state index in [4.69, 9.17) is 0 Å². The Morgan fingerprint density at radius 3 is 2.83 bits per heavy atom. The number of nitrogens with one attached hydrogen (secondary N) is 1. The van der Waals surface area contributed by atoms with E-state index in [0.717, 1.165) is 17.5 Å². The largest absolute Gasteiger partial charge is 0.480 e. The number of rotatable bonds is 3. The second kappa shape index (κ2) is 5.18. The van der Waals surface area contributed by atoms with Crippen LogP contribution in [0.3, 0.4) is 0 Å². The average Bonchev–Trinajstić information content (AvgIpc) is 2.37. The summed E-state index contributed by atoms with van der Waals surface area (Å²) < 4.78 is 0. The molecule has 0 radical (unpaired) electrons. The Morgan fingerprint density at radius 1 is 1.44 bits per heavy atom. The average molecular weight is 248 g/mol. The van der Waals surface area contributed by atoms with Crippen LogP contribution < -0.4 is 5.32 Å². The van der Waals surface area contributed by atoms with Gasteiger partial charge in [0.2, 0.25) is 5.91 Å². The molecule has 1 aliphatic heterocycles. The van der Waals surface area contributed by atoms with Gasteiger partial charge in [-0.15, -0.1) is 0 Å². The molecule has 0 aliphatic carbocycles. The number of benzene rings is 1. The number of hydrogen-bond donors (Lipinski definition) is 2. The fraction of sp³-hybridized carbons (Fsp3) is 0.385. The number of likely N-dealkylation sites (N-methyl/N-ethyl adjacent to an activating group) is 1. The van der Waals surface area contributed by atoms with Crippen LogP contribution in [0.25, 0.3) is 0 Å². The molecule has 0 bridgehead atoms. The monoisotopic (exact) mass is 248 g/mol. The highest BCUT2D eigenvalue weighted by Gasteiger charge is 2.33. The van der Waals surface area contributed by atoms with E-state index in [-0.39, 0.29) is 12.5 Å². The third kappa shape index (κ3) is 2.36. The van der Waals surface area contributed by atoms with Crippen molar-refractivity contribution in [2.45, 2.75) is 12.5 Å². The standard InChI is InChI=1S/C13H16N2O3/c1-14-11(16)8-15-7-6-9-4-2-3-5-10(9)12(15)13(17)18/h2-5,12H,6-8H2,1H3,(H,14,16)(H,17,18). The van der Waals surface area contributed by atoms with E-state index in [1.54, 1.807) is 11.9 Å². The molecule has 0 fully saturated rings. The molecule has 1 aliphatic rings. The van der Waals surface area contributed by atoms with Gasteiger partial charge in [-0.1, -0.05) is 24.3 Å². The van der Waals surface area contributed by atoms with Gasteiger partial charge in [0, 0.05) is 13.6 Å². The molecular weight excluding hydrogens is 232 g/mol. The van der Waals surface area contributed by atoms with E-state index in [9.17, 15) is 14.7 Å². The molecule has 0 spiro atoms. The Hall–Kier alpha value is -1.88. The van der Waals surface area contributed by atoms with Crippen molar-refractivity contribution in [1.29, 1.82) is 0 Å². The third-order valence-corrected chi connectivity index (χ3v) is 3.24. The molecule has 1 atom stereocenters. The minimum atomic E-state index is -0.911. The topological polar surface area (TPSA) is 69.6 Å². The number of carboxylic acids is 1. The molecule has 0 saturated carbocycles. The van der Waals surface area contributed by atoms with Crippen molar-refractivity contribution in [2.24, 2.45) is 0 Å². The molecule has 96 valence electrons. The summed E-state index contributed by atoms with van der Waals surface area (Å²) in [5.41, 5.74) is 1.85. The Morgan fingerprint density at radius 2 is 2.17 bits per heavy atom. The number of hydrogen-bond acceptors (Lipinski definition) is 3. The Balaban J connectivity index is 2.30. The van der Waals surface area contributed by atoms with Gasteiger partial charge >= 0.3 is 5.97 Å². The van der Waals surface area contributed by atoms with Crippen LogP contribution in [-0.4, -0.2) is 42.0 Å². The van der Waals surface area contributed by atoms with Crippen molar-refractivity contribution < 1.29 is 14.7 Å². The Bertz CT molecular complexity index is 473. The normalized spacial score (nSPS) is 19.1. The van der Waals surface area contributed by atoms with Crippen molar-refractivity contribution in [3.05, 3.63) is 35.4 Å². The number of carbonyl (C=O) groups is 2. The SMILES string of the molecule is CNC(=O)CN1CCc2ccccc2C1C(=O)O. The maximum atomic E-state index is 11.4. The molecule has 1 aromatic rings. The van der Waals surface area contributed by atoms with Crippen molar-refractivity contribution in [1.82, 2.24) is 10.2 Å². The predicted molar refractivity (Wildman–Crippen MR) is 66.2 cm³/mol. The summed E-state index contributed by atoms with van der Waals surface area (Å²) in [5, 5.41) is 11.9. The fourth-order valence-corrected chi connectivity index (χ4v) is 2.34. The number of carboxylic acid groups (broad SMARTS) is 1. The summed E-state index contributed by atoms with van der Waals surface area (Å²) in [5.74, 6) is -1.08. The van der Waals surface area contributed by atoms with Crippen molar-refractivity contribution in [3.8, 4) is 0 Å². The van der Waals surface area contributed by atoms with Crippen LogP contribution >= 0.6 is 0 Å². The number of carbonyl (C=O) groups excluding carboxylic acids is 1. The van der Waals surface area contributed by atoms with Gasteiger partial charge in [0.05, 0.1) is 6.54 Å². The highest BCUT2D eigenvalue weighted by molar-refractivity contribution is 5.81. The second-order valence-electron chi connectivity index (χ2n) is 4.33. The van der Waals surface area contributed by atoms with Crippen LogP contribution in [0.1, 0.15) is 17.2 Å². The van der Waals surface area contributed by atoms with Gasteiger partial charge in [-0.3, -0.25) is 14.5 Å². The number of fused-ring (bicyclic) bond motifs is 1. The lowest BCUT2D eigenvalue weighted by molar-refractivity contribution is -0.144. The van der Waals surface area contributed by atoms with Crippen molar-refractivity contribution in [3.63, 3.8) is 0 Å². The van der Waals surface area contributed by atoms with Gasteiger partial charge in [-0.25, -0.2) is 0 Å². The molecule has 5 heteroatoms. The smallest absolute Gasteiger partial charge is 0.325 e. The highest BCUT2D eigenvalue weighted by Crippen LogP contribution is 2.29. The zero-order chi connectivity index (χ0) is 13.1. The number of nitrogens with zero attached hydrogens (tertiary/aromatic N) is 1. The lowest BCUT2D eigenvalue weighted by Crippen LogP contribution is -2.44. The lowest BCUT2D eigenvalue weighted by atomic mass is 9.92. The van der Waals surface area contributed by atoms with Gasteiger partial charge in [-0.2, -0.15) is 0 Å². The molecule has 0 aromatic heterocycles. The quantitative estimate of drug-likeness (QED) is 0.813. The summed E-state index contributed by atoms with van der Waals surface area (Å²) in [4.78, 5) is 24.5. The second-order valence-corrected chi connectivity index (χ2v) is 4.33. The molecule has 1 aromatic carbocycles. The molecule has 1 unspecified atom stereocenters. The fourth-order valence-electron chi connectivity index (χ4n) is 2.34. The van der Waals surface area contributed by atoms with Crippen LogP contribution in [0.4, 0.5) is 0 Å². The van der Waals surface area contributed by atoms with Crippen LogP contribution in [0, 0.1) is 0 Å². The van der Waals surface area contributed by atoms with Gasteiger partial charge in [0.1, 0.15) is 6.04 Å². The van der Waals surface area contributed by atoms with Crippen LogP contribution in [0.15, 0.2) is 24.3 Å². The zero-order valence-corrected chi connectivity index (χ0v) is 10.2. The predicted octanol–water partition coefficient (Wildman–Crippen LogP) is 0.416. The van der Waals surface area contributed by atoms with Crippen LogP contribution in [0.5, 0.6) is 0 Å². The minimum absolute atomic E-state index is 0.113. The third-order valence-electron chi connectivity index (χ3n) is 3.24. The van der Waals surface area contributed by atoms with E-state index < -0.39 is 12.0 Å². The molecule has 1 amide bonds. The van der Waals surface area contributed by atoms with E-state index in [1.807, 2.05) is 24.3 Å². The van der Waals surface area contributed by atoms with E-state index in [2.05, 4.69) is 5.32 Å². The molecule has 2 rings (SSSR count). The van der Waals surface area contributed by atoms with Gasteiger partial charge in [-0.05, 0) is 17.5 Å². The highest BCUT2D eigenvalue weighted by atomic mass is 16.4. The molecule has 2 N–H and O–H groups in total. The Kier molecular flexibility index (Phi) is 3.62. The summed E-state index contributed by atoms with van der Waals surface area (Å²) in [6.45, 7) is 0.698. The molecule has 1 heterocycles. The summed E-state index contributed by atoms with van der Waals surface area (Å²) in [6, 6.07) is 6.78. The first-order chi connectivity index (χ1) is 8.63. The van der Waals surface area contributed by atoms with Crippen LogP contribution in [0.2, 0.25) is 0 Å². The van der Waals surface area contributed by atoms with Gasteiger partial charge < -0.3 is 10.4 Å². The van der Waals surface area contributed by atoms with Crippen molar-refractivity contribution >= 4 is 11.9 Å². The molecular formula is C13H16N2O3. The van der Waals surface area contributed by atoms with E-state index in [0.29, 0.717) is 6.54 Å². The van der Waals surface area contributed by atoms with Gasteiger partial charge in [0.25, 0.3) is 0 Å². The zero-order valence-electron chi connectivity index (χ0n) is 10.2. The molecule has 0 saturated heterocycles. The Labute approximate surface area is 105 Å². The maximum absolute atomic E-state index is 11.4. The maximum Gasteiger partial charge on any atom is 0.325 e. The summed E-state index contributed by atoms with van der Waals surface area (Å²) >= 11 is 0. The molecule has 18 heavy (non-hydrogen) atoms. The van der Waals surface area contributed by atoms with E-state index >= 15 is 0 Å². The lowest BCUT2D eigenvalue weighted by Gasteiger charge is -2.33. The van der Waals surface area contributed by atoms with Crippen LogP contribution in [-0.2, 0) is 16.0 Å². The number of aliphatic carboxylic acids is 1.